The molecule has 190 valence electrons. The van der Waals surface area contributed by atoms with Crippen LogP contribution in [0.2, 0.25) is 0 Å². The van der Waals surface area contributed by atoms with E-state index in [1.54, 1.807) is 12.4 Å². The molecule has 0 aliphatic heterocycles. The summed E-state index contributed by atoms with van der Waals surface area (Å²) in [6, 6.07) is 43.1. The van der Waals surface area contributed by atoms with Gasteiger partial charge in [-0.05, 0) is 56.6 Å². The van der Waals surface area contributed by atoms with Crippen molar-refractivity contribution in [2.24, 2.45) is 0 Å². The first-order valence-corrected chi connectivity index (χ1v) is 13.8. The quantitative estimate of drug-likeness (QED) is 0.215. The summed E-state index contributed by atoms with van der Waals surface area (Å²) in [5, 5.41) is 2.26. The molecule has 0 saturated carbocycles. The Labute approximate surface area is 236 Å². The molecule has 0 fully saturated rings. The highest BCUT2D eigenvalue weighted by Gasteiger charge is 2.26. The summed E-state index contributed by atoms with van der Waals surface area (Å²) in [5.74, 6) is 0. The number of fused-ring (bicyclic) bond motifs is 13. The highest BCUT2D eigenvalue weighted by Crippen LogP contribution is 2.52. The largest absolute Gasteiger partial charge is 0.455 e. The molecule has 1 aliphatic rings. The van der Waals surface area contributed by atoms with E-state index in [9.17, 15) is 0 Å². The van der Waals surface area contributed by atoms with Gasteiger partial charge in [0.1, 0.15) is 11.2 Å². The standard InChI is InChI=1S/C38H22N2O/c1-2-10-24-23(9-1)26-14-7-15-29(32-17-8-16-31-25-11-5-6-18-34(25)41-38(31)32)35(26)27-12-3-4-13-28(27)36-30(24)19-20-33-37(36)40-22-21-39-33/h1-22H. The Morgan fingerprint density at radius 2 is 0.951 bits per heavy atom. The van der Waals surface area contributed by atoms with Gasteiger partial charge in [-0.2, -0.15) is 0 Å². The first kappa shape index (κ1) is 22.3. The number of rotatable bonds is 1. The molecule has 8 aromatic rings. The van der Waals surface area contributed by atoms with Crippen LogP contribution in [0.1, 0.15) is 0 Å². The fourth-order valence-corrected chi connectivity index (χ4v) is 6.66. The van der Waals surface area contributed by atoms with Crippen LogP contribution < -0.4 is 0 Å². The van der Waals surface area contributed by atoms with Gasteiger partial charge in [-0.15, -0.1) is 0 Å². The Bertz CT molecular complexity index is 2330. The summed E-state index contributed by atoms with van der Waals surface area (Å²) in [5.41, 5.74) is 15.2. The van der Waals surface area contributed by atoms with Crippen LogP contribution >= 0.6 is 0 Å². The van der Waals surface area contributed by atoms with Crippen LogP contribution in [0, 0.1) is 0 Å². The highest BCUT2D eigenvalue weighted by atomic mass is 16.3. The molecule has 1 aliphatic carbocycles. The van der Waals surface area contributed by atoms with Crippen LogP contribution in [-0.2, 0) is 0 Å². The molecule has 0 N–H and O–H groups in total. The number of hydrogen-bond acceptors (Lipinski definition) is 3. The predicted molar refractivity (Wildman–Crippen MR) is 168 cm³/mol. The molecule has 9 rings (SSSR count). The second-order valence-corrected chi connectivity index (χ2v) is 10.5. The van der Waals surface area contributed by atoms with Crippen molar-refractivity contribution in [3.8, 4) is 55.6 Å². The summed E-state index contributed by atoms with van der Waals surface area (Å²) in [7, 11) is 0. The molecule has 6 aromatic carbocycles. The lowest BCUT2D eigenvalue weighted by Crippen LogP contribution is -2.00. The SMILES string of the molecule is c1ccc2c(c1)-c1cccc(-c3cccc4c3oc3ccccc34)c1-c1ccccc1-c1c-2ccc2nccnc12. The summed E-state index contributed by atoms with van der Waals surface area (Å²) in [6.07, 6.45) is 3.55. The van der Waals surface area contributed by atoms with Gasteiger partial charge in [-0.1, -0.05) is 109 Å². The van der Waals surface area contributed by atoms with Crippen molar-refractivity contribution in [2.45, 2.75) is 0 Å². The molecule has 0 atom stereocenters. The molecule has 0 radical (unpaired) electrons. The molecule has 2 heterocycles. The average Bonchev–Trinajstić information content (AvgIpc) is 3.42. The summed E-state index contributed by atoms with van der Waals surface area (Å²) in [4.78, 5) is 9.52. The van der Waals surface area contributed by atoms with Gasteiger partial charge in [0.15, 0.2) is 0 Å². The summed E-state index contributed by atoms with van der Waals surface area (Å²) in [6.45, 7) is 0. The predicted octanol–water partition coefficient (Wildman–Crippen LogP) is 10.2. The Morgan fingerprint density at radius 3 is 1.78 bits per heavy atom. The lowest BCUT2D eigenvalue weighted by atomic mass is 9.78. The number of benzene rings is 6. The topological polar surface area (TPSA) is 38.9 Å². The van der Waals surface area contributed by atoms with Crippen LogP contribution in [0.15, 0.2) is 138 Å². The molecular weight excluding hydrogens is 500 g/mol. The minimum absolute atomic E-state index is 0.889. The fourth-order valence-electron chi connectivity index (χ4n) is 6.66. The van der Waals surface area contributed by atoms with E-state index in [4.69, 9.17) is 9.40 Å². The van der Waals surface area contributed by atoms with Crippen LogP contribution in [0.25, 0.3) is 88.6 Å². The van der Waals surface area contributed by atoms with Gasteiger partial charge in [-0.3, -0.25) is 9.97 Å². The molecule has 3 nitrogen and oxygen atoms in total. The van der Waals surface area contributed by atoms with Crippen molar-refractivity contribution in [2.75, 3.05) is 0 Å². The van der Waals surface area contributed by atoms with E-state index < -0.39 is 0 Å². The molecular formula is C38H22N2O. The third-order valence-corrected chi connectivity index (χ3v) is 8.37. The van der Waals surface area contributed by atoms with Gasteiger partial charge < -0.3 is 4.42 Å². The summed E-state index contributed by atoms with van der Waals surface area (Å²) >= 11 is 0. The van der Waals surface area contributed by atoms with Gasteiger partial charge >= 0.3 is 0 Å². The first-order chi connectivity index (χ1) is 20.4. The average molecular weight is 523 g/mol. The minimum atomic E-state index is 0.889. The normalized spacial score (nSPS) is 11.9. The van der Waals surface area contributed by atoms with Gasteiger partial charge in [0, 0.05) is 34.3 Å². The van der Waals surface area contributed by atoms with E-state index in [-0.39, 0.29) is 0 Å². The molecule has 41 heavy (non-hydrogen) atoms. The monoisotopic (exact) mass is 522 g/mol. The van der Waals surface area contributed by atoms with Crippen molar-refractivity contribution < 1.29 is 4.42 Å². The number of hydrogen-bond donors (Lipinski definition) is 0. The van der Waals surface area contributed by atoms with Crippen LogP contribution in [-0.4, -0.2) is 9.97 Å². The third kappa shape index (κ3) is 3.14. The van der Waals surface area contributed by atoms with E-state index in [1.807, 2.05) is 12.1 Å². The van der Waals surface area contributed by atoms with E-state index in [0.717, 1.165) is 60.8 Å². The van der Waals surface area contributed by atoms with Crippen molar-refractivity contribution in [3.05, 3.63) is 134 Å². The maximum absolute atomic E-state index is 6.54. The highest BCUT2D eigenvalue weighted by molar-refractivity contribution is 6.15. The number of aromatic nitrogens is 2. The van der Waals surface area contributed by atoms with Crippen molar-refractivity contribution >= 4 is 33.0 Å². The zero-order valence-corrected chi connectivity index (χ0v) is 22.0. The first-order valence-electron chi connectivity index (χ1n) is 13.8. The van der Waals surface area contributed by atoms with Crippen LogP contribution in [0.5, 0.6) is 0 Å². The van der Waals surface area contributed by atoms with Crippen LogP contribution in [0.3, 0.4) is 0 Å². The molecule has 0 unspecified atom stereocenters. The molecule has 0 spiro atoms. The Balaban J connectivity index is 1.46. The maximum atomic E-state index is 6.54. The summed E-state index contributed by atoms with van der Waals surface area (Å²) < 4.78 is 6.54. The lowest BCUT2D eigenvalue weighted by Gasteiger charge is -2.25. The molecule has 3 heteroatoms. The molecule has 2 aromatic heterocycles. The molecule has 0 amide bonds. The Hall–Kier alpha value is -5.54. The van der Waals surface area contributed by atoms with Gasteiger partial charge in [0.2, 0.25) is 0 Å². The second kappa shape index (κ2) is 8.48. The van der Waals surface area contributed by atoms with E-state index in [2.05, 4.69) is 114 Å². The van der Waals surface area contributed by atoms with Crippen molar-refractivity contribution in [1.82, 2.24) is 9.97 Å². The zero-order chi connectivity index (χ0) is 26.9. The van der Waals surface area contributed by atoms with Crippen LogP contribution in [0.4, 0.5) is 0 Å². The van der Waals surface area contributed by atoms with Crippen molar-refractivity contribution in [1.29, 1.82) is 0 Å². The van der Waals surface area contributed by atoms with Gasteiger partial charge in [0.05, 0.1) is 11.0 Å². The zero-order valence-electron chi connectivity index (χ0n) is 22.0. The smallest absolute Gasteiger partial charge is 0.143 e. The van der Waals surface area contributed by atoms with Gasteiger partial charge in [0.25, 0.3) is 0 Å². The lowest BCUT2D eigenvalue weighted by molar-refractivity contribution is 0.670. The second-order valence-electron chi connectivity index (χ2n) is 10.5. The third-order valence-electron chi connectivity index (χ3n) is 8.37. The Morgan fingerprint density at radius 1 is 0.390 bits per heavy atom. The number of furan rings is 1. The Kier molecular flexibility index (Phi) is 4.61. The maximum Gasteiger partial charge on any atom is 0.143 e. The fraction of sp³-hybridized carbons (Fsp3) is 0. The molecule has 0 saturated heterocycles. The van der Waals surface area contributed by atoms with E-state index in [0.29, 0.717) is 0 Å². The number of para-hydroxylation sites is 2. The van der Waals surface area contributed by atoms with E-state index in [1.165, 1.54) is 27.8 Å². The number of nitrogens with zero attached hydrogens (tertiary/aromatic N) is 2. The van der Waals surface area contributed by atoms with Gasteiger partial charge in [-0.25, -0.2) is 0 Å². The van der Waals surface area contributed by atoms with E-state index >= 15 is 0 Å². The van der Waals surface area contributed by atoms with Crippen molar-refractivity contribution in [3.63, 3.8) is 0 Å². The minimum Gasteiger partial charge on any atom is -0.455 e. The molecule has 0 bridgehead atoms.